The molecular formula is C50H60N6O15. The Bertz CT molecular complexity index is 2840. The van der Waals surface area contributed by atoms with Gasteiger partial charge in [-0.15, -0.1) is 0 Å². The average molecular weight is 985 g/mol. The predicted octanol–water partition coefficient (Wildman–Crippen LogP) is 0.343. The van der Waals surface area contributed by atoms with Crippen LogP contribution in [-0.2, 0) is 40.8 Å². The minimum Gasteiger partial charge on any atom is -0.508 e. The standard InChI is InChI=1S/C27H33N3O8.C23H27N3O7/c1-26(37)13-7-6-8-16(31)17(13)21(32)18-14(26)11-15-20(29(2)3)22(33)19(24(35)27(15,38)23(18)34)25(36)28-12-30-9-4-5-10-30;1-25(2)12-5-6-13(27)15-10(12)7-9-8-11-17(26(3)4)19(29)16(22(24)32)21(31)23(11,33)20(30)14(9)18(15)28/h6-8,14-15,20,31-32,35,37-38H,4-5,9-12H2,1-3H3,(H,28,36);5-6,9,11,17,27-28,31,33H,7-8H2,1-4H3,(H2,24,32)/t14?,15-,20-,26+,27-;9-,11-,17-,23-/m00/s1. The second kappa shape index (κ2) is 17.6. The average Bonchev–Trinajstić information content (AvgIpc) is 3.81. The summed E-state index contributed by atoms with van der Waals surface area (Å²) in [4.78, 5) is 86.3. The number of hydrogen-bond acceptors (Lipinski definition) is 19. The van der Waals surface area contributed by atoms with Gasteiger partial charge in [-0.2, -0.15) is 0 Å². The summed E-state index contributed by atoms with van der Waals surface area (Å²) in [6.07, 6.45) is 2.10. The first-order valence-corrected chi connectivity index (χ1v) is 23.2. The number of anilines is 1. The van der Waals surface area contributed by atoms with Gasteiger partial charge < -0.3 is 61.9 Å². The van der Waals surface area contributed by atoms with Crippen LogP contribution in [0, 0.1) is 23.7 Å². The fourth-order valence-electron chi connectivity index (χ4n) is 12.3. The van der Waals surface area contributed by atoms with E-state index in [-0.39, 0.29) is 65.3 Å². The van der Waals surface area contributed by atoms with E-state index in [1.54, 1.807) is 34.3 Å². The van der Waals surface area contributed by atoms with E-state index < -0.39 is 122 Å². The van der Waals surface area contributed by atoms with E-state index in [0.717, 1.165) is 31.6 Å². The topological polar surface area (TPSA) is 336 Å². The monoisotopic (exact) mass is 984 g/mol. The van der Waals surface area contributed by atoms with Crippen molar-refractivity contribution in [1.82, 2.24) is 20.0 Å². The first-order valence-electron chi connectivity index (χ1n) is 23.2. The maximum Gasteiger partial charge on any atom is 0.259 e. The number of amides is 2. The molecule has 2 aromatic rings. The number of likely N-dealkylation sites (N-methyl/N-ethyl adjacent to an activating group) is 2. The Labute approximate surface area is 408 Å². The number of nitrogens with zero attached hydrogens (tertiary/aromatic N) is 4. The van der Waals surface area contributed by atoms with E-state index in [1.807, 2.05) is 23.9 Å². The molecule has 380 valence electrons. The number of likely N-dealkylation sites (tertiary alicyclic amines) is 1. The number of ketones is 4. The first kappa shape index (κ1) is 50.8. The minimum absolute atomic E-state index is 0.0638. The number of phenolic OH excluding ortho intramolecular Hbond substituents is 2. The van der Waals surface area contributed by atoms with Gasteiger partial charge in [-0.25, -0.2) is 0 Å². The number of nitrogens with one attached hydrogen (secondary N) is 1. The van der Waals surface area contributed by atoms with Gasteiger partial charge in [-0.05, 0) is 116 Å². The summed E-state index contributed by atoms with van der Waals surface area (Å²) in [7, 11) is 9.87. The van der Waals surface area contributed by atoms with Crippen molar-refractivity contribution in [2.24, 2.45) is 29.4 Å². The van der Waals surface area contributed by atoms with Gasteiger partial charge in [0.15, 0.2) is 22.8 Å². The number of primary amides is 1. The van der Waals surface area contributed by atoms with Crippen LogP contribution in [0.1, 0.15) is 54.9 Å². The summed E-state index contributed by atoms with van der Waals surface area (Å²) in [5.74, 6) is -13.7. The Morgan fingerprint density at radius 3 is 1.80 bits per heavy atom. The molecule has 6 aliphatic carbocycles. The van der Waals surface area contributed by atoms with Crippen molar-refractivity contribution in [3.8, 4) is 11.5 Å². The van der Waals surface area contributed by atoms with Crippen LogP contribution in [0.4, 0.5) is 5.69 Å². The van der Waals surface area contributed by atoms with Crippen molar-refractivity contribution in [3.63, 3.8) is 0 Å². The molecule has 1 unspecified atom stereocenters. The number of benzene rings is 2. The number of Topliss-reactive ketones (excluding diaryl/α,β-unsaturated/α-hetero) is 4. The lowest BCUT2D eigenvalue weighted by Gasteiger charge is -2.53. The number of phenols is 2. The van der Waals surface area contributed by atoms with Gasteiger partial charge in [0.25, 0.3) is 11.8 Å². The largest absolute Gasteiger partial charge is 0.508 e. The molecule has 2 aromatic carbocycles. The van der Waals surface area contributed by atoms with Gasteiger partial charge in [-0.1, -0.05) is 12.1 Å². The smallest absolute Gasteiger partial charge is 0.259 e. The third-order valence-electron chi connectivity index (χ3n) is 15.7. The van der Waals surface area contributed by atoms with Crippen molar-refractivity contribution in [2.45, 2.75) is 67.9 Å². The van der Waals surface area contributed by atoms with E-state index in [9.17, 15) is 74.7 Å². The molecule has 1 saturated heterocycles. The predicted molar refractivity (Wildman–Crippen MR) is 253 cm³/mol. The van der Waals surface area contributed by atoms with Crippen LogP contribution in [0.5, 0.6) is 11.5 Å². The number of rotatable bonds is 7. The zero-order valence-corrected chi connectivity index (χ0v) is 40.3. The van der Waals surface area contributed by atoms with Crippen LogP contribution in [-0.4, -0.2) is 181 Å². The van der Waals surface area contributed by atoms with Gasteiger partial charge in [0, 0.05) is 48.7 Å². The lowest BCUT2D eigenvalue weighted by Crippen LogP contribution is -2.67. The zero-order valence-electron chi connectivity index (χ0n) is 40.3. The van der Waals surface area contributed by atoms with Crippen LogP contribution in [0.25, 0.3) is 11.5 Å². The molecule has 21 nitrogen and oxygen atoms in total. The minimum atomic E-state index is -2.72. The molecule has 2 amide bonds. The first-order chi connectivity index (χ1) is 33.2. The number of aliphatic hydroxyl groups is 7. The highest BCUT2D eigenvalue weighted by Gasteiger charge is 2.67. The lowest BCUT2D eigenvalue weighted by atomic mass is 9.54. The Morgan fingerprint density at radius 1 is 0.718 bits per heavy atom. The number of carbonyl (C=O) groups excluding carboxylic acids is 6. The van der Waals surface area contributed by atoms with Gasteiger partial charge in [0.1, 0.15) is 45.7 Å². The second-order valence-corrected chi connectivity index (χ2v) is 20.4. The van der Waals surface area contributed by atoms with Gasteiger partial charge in [0.2, 0.25) is 11.6 Å². The molecule has 9 rings (SSSR count). The summed E-state index contributed by atoms with van der Waals surface area (Å²) >= 11 is 0. The zero-order chi connectivity index (χ0) is 52.3. The Kier molecular flexibility index (Phi) is 12.6. The van der Waals surface area contributed by atoms with Gasteiger partial charge >= 0.3 is 0 Å². The molecule has 1 aliphatic heterocycles. The summed E-state index contributed by atoms with van der Waals surface area (Å²) < 4.78 is 0. The van der Waals surface area contributed by atoms with Crippen LogP contribution >= 0.6 is 0 Å². The summed E-state index contributed by atoms with van der Waals surface area (Å²) in [5.41, 5.74) is -2.39. The van der Waals surface area contributed by atoms with Crippen LogP contribution < -0.4 is 16.0 Å². The molecule has 21 heteroatoms. The Balaban J connectivity index is 0.000000192. The van der Waals surface area contributed by atoms with Crippen LogP contribution in [0.2, 0.25) is 0 Å². The fourth-order valence-corrected chi connectivity index (χ4v) is 12.3. The van der Waals surface area contributed by atoms with Crippen molar-refractivity contribution in [3.05, 3.63) is 86.4 Å². The maximum absolute atomic E-state index is 14.0. The summed E-state index contributed by atoms with van der Waals surface area (Å²) in [6.45, 7) is 3.11. The van der Waals surface area contributed by atoms with Crippen molar-refractivity contribution >= 4 is 52.2 Å². The number of carbonyl (C=O) groups is 6. The highest BCUT2D eigenvalue weighted by Crippen LogP contribution is 2.58. The summed E-state index contributed by atoms with van der Waals surface area (Å²) in [6, 6.07) is 5.13. The third kappa shape index (κ3) is 7.34. The van der Waals surface area contributed by atoms with Gasteiger partial charge in [0.05, 0.1) is 35.5 Å². The number of aromatic hydroxyl groups is 2. The molecule has 2 saturated carbocycles. The molecule has 3 fully saturated rings. The third-order valence-corrected chi connectivity index (χ3v) is 15.7. The molecule has 0 radical (unpaired) electrons. The molecule has 71 heavy (non-hydrogen) atoms. The quantitative estimate of drug-likeness (QED) is 0.167. The highest BCUT2D eigenvalue weighted by atomic mass is 16.4. The van der Waals surface area contributed by atoms with E-state index >= 15 is 0 Å². The molecule has 7 aliphatic rings. The van der Waals surface area contributed by atoms with Crippen molar-refractivity contribution in [1.29, 1.82) is 0 Å². The Morgan fingerprint density at radius 2 is 1.24 bits per heavy atom. The second-order valence-electron chi connectivity index (χ2n) is 20.4. The molecule has 0 aromatic heterocycles. The van der Waals surface area contributed by atoms with E-state index in [0.29, 0.717) is 5.56 Å². The molecule has 9 atom stereocenters. The van der Waals surface area contributed by atoms with E-state index in [1.165, 1.54) is 41.0 Å². The molecular weight excluding hydrogens is 925 g/mol. The highest BCUT2D eigenvalue weighted by molar-refractivity contribution is 6.26. The number of aliphatic hydroxyl groups excluding tert-OH is 4. The van der Waals surface area contributed by atoms with Crippen molar-refractivity contribution in [2.75, 3.05) is 66.9 Å². The Hall–Kier alpha value is -6.62. The number of fused-ring (bicyclic) bond motifs is 6. The lowest BCUT2D eigenvalue weighted by molar-refractivity contribution is -0.159. The fraction of sp³-hybridized carbons (Fsp3) is 0.480. The molecule has 1 heterocycles. The van der Waals surface area contributed by atoms with E-state index in [4.69, 9.17) is 5.73 Å². The summed E-state index contributed by atoms with van der Waals surface area (Å²) in [5, 5.41) is 103. The van der Waals surface area contributed by atoms with Crippen LogP contribution in [0.15, 0.2) is 64.1 Å². The molecule has 12 N–H and O–H groups in total. The normalized spacial score (nSPS) is 31.4. The molecule has 0 spiro atoms. The van der Waals surface area contributed by atoms with E-state index in [2.05, 4.69) is 5.32 Å². The molecule has 0 bridgehead atoms. The van der Waals surface area contributed by atoms with Gasteiger partial charge in [-0.3, -0.25) is 43.5 Å². The maximum atomic E-state index is 14.0. The number of hydrogen-bond donors (Lipinski definition) is 11. The van der Waals surface area contributed by atoms with Crippen LogP contribution in [0.3, 0.4) is 0 Å². The number of nitrogens with two attached hydrogens (primary N) is 1. The van der Waals surface area contributed by atoms with Crippen molar-refractivity contribution < 1.29 is 74.7 Å². The SMILES string of the molecule is CN(C)[C@@H]1C(=O)C(C(=O)NCN2CCCC2)=C(O)[C@@]2(O)C(=O)C3=C(O)c4c(O)cccc4[C@@](C)(O)C3C[C@@H]12.CN(C)c1ccc(O)c2c1C[C@H]1C[C@H]3[C@H](N(C)C)C(=O)C(C(N)=O)=C(O)[C@@]3(O)C(=O)C1=C2O.